The average molecular weight is 171 g/mol. The Morgan fingerprint density at radius 1 is 0.909 bits per heavy atom. The van der Waals surface area contributed by atoms with E-state index in [0.29, 0.717) is 5.38 Å². The summed E-state index contributed by atoms with van der Waals surface area (Å²) >= 11 is 6.28. The summed E-state index contributed by atoms with van der Waals surface area (Å²) in [5, 5.41) is 0.555. The van der Waals surface area contributed by atoms with Crippen molar-refractivity contribution in [2.75, 3.05) is 0 Å². The summed E-state index contributed by atoms with van der Waals surface area (Å²) in [6.07, 6.45) is 7.33. The molecule has 3 aliphatic rings. The van der Waals surface area contributed by atoms with Crippen LogP contribution in [0, 0.1) is 23.7 Å². The highest BCUT2D eigenvalue weighted by Gasteiger charge is 2.53. The molecule has 3 fully saturated rings. The summed E-state index contributed by atoms with van der Waals surface area (Å²) in [7, 11) is 0. The van der Waals surface area contributed by atoms with Crippen LogP contribution in [0.1, 0.15) is 32.1 Å². The number of hydrogen-bond donors (Lipinski definition) is 0. The van der Waals surface area contributed by atoms with Crippen LogP contribution in [0.25, 0.3) is 0 Å². The maximum absolute atomic E-state index is 6.28. The topological polar surface area (TPSA) is 0 Å². The smallest absolute Gasteiger partial charge is 0.0369 e. The summed E-state index contributed by atoms with van der Waals surface area (Å²) in [6.45, 7) is 0. The Morgan fingerprint density at radius 2 is 1.73 bits per heavy atom. The summed E-state index contributed by atoms with van der Waals surface area (Å²) < 4.78 is 0. The van der Waals surface area contributed by atoms with Gasteiger partial charge in [0.25, 0.3) is 0 Å². The molecule has 3 saturated carbocycles. The molecule has 0 saturated heterocycles. The molecule has 62 valence electrons. The molecule has 0 spiro atoms. The first-order valence-electron chi connectivity index (χ1n) is 5.00. The highest BCUT2D eigenvalue weighted by atomic mass is 35.5. The lowest BCUT2D eigenvalue weighted by Gasteiger charge is -2.27. The fourth-order valence-electron chi connectivity index (χ4n) is 3.98. The molecule has 1 heteroatoms. The van der Waals surface area contributed by atoms with Crippen LogP contribution in [0.5, 0.6) is 0 Å². The van der Waals surface area contributed by atoms with E-state index in [1.54, 1.807) is 0 Å². The third-order valence-electron chi connectivity index (χ3n) is 4.35. The number of fused-ring (bicyclic) bond motifs is 5. The average Bonchev–Trinajstić information content (AvgIpc) is 2.52. The van der Waals surface area contributed by atoms with Crippen molar-refractivity contribution in [1.29, 1.82) is 0 Å². The molecular formula is C10H15Cl. The second kappa shape index (κ2) is 2.16. The van der Waals surface area contributed by atoms with E-state index in [4.69, 9.17) is 11.6 Å². The molecule has 0 nitrogen and oxygen atoms in total. The van der Waals surface area contributed by atoms with Crippen LogP contribution in [-0.2, 0) is 0 Å². The molecule has 0 radical (unpaired) electrons. The zero-order chi connectivity index (χ0) is 7.42. The normalized spacial score (nSPS) is 60.3. The van der Waals surface area contributed by atoms with Gasteiger partial charge in [-0.05, 0) is 49.4 Å². The van der Waals surface area contributed by atoms with Crippen LogP contribution in [0.15, 0.2) is 0 Å². The van der Waals surface area contributed by atoms with Gasteiger partial charge in [-0.3, -0.25) is 0 Å². The van der Waals surface area contributed by atoms with Gasteiger partial charge in [-0.2, -0.15) is 0 Å². The minimum Gasteiger partial charge on any atom is -0.123 e. The van der Waals surface area contributed by atoms with Gasteiger partial charge in [-0.25, -0.2) is 0 Å². The molecule has 2 bridgehead atoms. The van der Waals surface area contributed by atoms with Gasteiger partial charge in [0, 0.05) is 5.38 Å². The summed E-state index contributed by atoms with van der Waals surface area (Å²) in [4.78, 5) is 0. The molecule has 0 aromatic carbocycles. The Morgan fingerprint density at radius 3 is 2.64 bits per heavy atom. The minimum atomic E-state index is 0.555. The fourth-order valence-corrected chi connectivity index (χ4v) is 4.50. The van der Waals surface area contributed by atoms with Crippen molar-refractivity contribution in [3.8, 4) is 0 Å². The van der Waals surface area contributed by atoms with Crippen molar-refractivity contribution in [2.24, 2.45) is 23.7 Å². The number of halogens is 1. The number of rotatable bonds is 0. The summed E-state index contributed by atoms with van der Waals surface area (Å²) in [5.41, 5.74) is 0. The van der Waals surface area contributed by atoms with E-state index in [9.17, 15) is 0 Å². The van der Waals surface area contributed by atoms with Gasteiger partial charge in [-0.1, -0.05) is 6.42 Å². The van der Waals surface area contributed by atoms with Crippen LogP contribution in [0.4, 0.5) is 0 Å². The number of alkyl halides is 1. The Bertz CT molecular complexity index is 178. The molecule has 0 aromatic rings. The molecule has 0 unspecified atom stereocenters. The Hall–Kier alpha value is 0.290. The molecule has 0 aliphatic heterocycles. The number of hydrogen-bond acceptors (Lipinski definition) is 0. The molecule has 3 rings (SSSR count). The predicted molar refractivity (Wildman–Crippen MR) is 46.7 cm³/mol. The third kappa shape index (κ3) is 0.771. The molecular weight excluding hydrogens is 156 g/mol. The van der Waals surface area contributed by atoms with Gasteiger partial charge in [0.1, 0.15) is 0 Å². The van der Waals surface area contributed by atoms with E-state index in [1.807, 2.05) is 0 Å². The molecule has 0 aromatic heterocycles. The Kier molecular flexibility index (Phi) is 1.33. The first-order valence-corrected chi connectivity index (χ1v) is 5.44. The van der Waals surface area contributed by atoms with Crippen molar-refractivity contribution in [1.82, 2.24) is 0 Å². The van der Waals surface area contributed by atoms with Crippen LogP contribution in [0.3, 0.4) is 0 Å². The fraction of sp³-hybridized carbons (Fsp3) is 1.00. The SMILES string of the molecule is Cl[C@H]1C[C@H]2C[C@H]1[C@H]1CCC[C@H]21. The van der Waals surface area contributed by atoms with E-state index in [2.05, 4.69) is 0 Å². The quantitative estimate of drug-likeness (QED) is 0.491. The van der Waals surface area contributed by atoms with E-state index < -0.39 is 0 Å². The standard InChI is InChI=1S/C10H15Cl/c11-10-5-6-4-9(10)8-3-1-2-7(6)8/h6-10H,1-5H2/t6-,7-,8+,9+,10+/m1/s1. The van der Waals surface area contributed by atoms with Gasteiger partial charge in [0.2, 0.25) is 0 Å². The first kappa shape index (κ1) is 6.77. The van der Waals surface area contributed by atoms with Gasteiger partial charge in [0.15, 0.2) is 0 Å². The van der Waals surface area contributed by atoms with Gasteiger partial charge in [-0.15, -0.1) is 11.6 Å². The van der Waals surface area contributed by atoms with Gasteiger partial charge < -0.3 is 0 Å². The zero-order valence-corrected chi connectivity index (χ0v) is 7.56. The van der Waals surface area contributed by atoms with Crippen LogP contribution < -0.4 is 0 Å². The monoisotopic (exact) mass is 170 g/mol. The second-order valence-corrected chi connectivity index (χ2v) is 5.23. The highest BCUT2D eigenvalue weighted by Crippen LogP contribution is 2.59. The molecule has 5 atom stereocenters. The maximum atomic E-state index is 6.28. The van der Waals surface area contributed by atoms with Crippen molar-refractivity contribution in [2.45, 2.75) is 37.5 Å². The lowest BCUT2D eigenvalue weighted by molar-refractivity contribution is 0.263. The lowest BCUT2D eigenvalue weighted by atomic mass is 9.82. The highest BCUT2D eigenvalue weighted by molar-refractivity contribution is 6.21. The summed E-state index contributed by atoms with van der Waals surface area (Å²) in [6, 6.07) is 0. The van der Waals surface area contributed by atoms with Gasteiger partial charge >= 0.3 is 0 Å². The minimum absolute atomic E-state index is 0.555. The summed E-state index contributed by atoms with van der Waals surface area (Å²) in [5.74, 6) is 4.12. The third-order valence-corrected chi connectivity index (χ3v) is 4.85. The van der Waals surface area contributed by atoms with Crippen molar-refractivity contribution < 1.29 is 0 Å². The first-order chi connectivity index (χ1) is 5.36. The van der Waals surface area contributed by atoms with Crippen LogP contribution in [-0.4, -0.2) is 5.38 Å². The lowest BCUT2D eigenvalue weighted by Crippen LogP contribution is -2.24. The predicted octanol–water partition coefficient (Wildman–Crippen LogP) is 3.05. The molecule has 0 amide bonds. The molecule has 11 heavy (non-hydrogen) atoms. The largest absolute Gasteiger partial charge is 0.123 e. The van der Waals surface area contributed by atoms with Gasteiger partial charge in [0.05, 0.1) is 0 Å². The molecule has 0 heterocycles. The molecule has 3 aliphatic carbocycles. The van der Waals surface area contributed by atoms with E-state index in [-0.39, 0.29) is 0 Å². The second-order valence-electron chi connectivity index (χ2n) is 4.67. The van der Waals surface area contributed by atoms with Crippen LogP contribution >= 0.6 is 11.6 Å². The van der Waals surface area contributed by atoms with Crippen molar-refractivity contribution in [3.63, 3.8) is 0 Å². The van der Waals surface area contributed by atoms with E-state index >= 15 is 0 Å². The Balaban J connectivity index is 1.90. The molecule has 0 N–H and O–H groups in total. The van der Waals surface area contributed by atoms with E-state index in [1.165, 1.54) is 32.1 Å². The van der Waals surface area contributed by atoms with E-state index in [0.717, 1.165) is 23.7 Å². The maximum Gasteiger partial charge on any atom is 0.0369 e. The van der Waals surface area contributed by atoms with Crippen molar-refractivity contribution >= 4 is 11.6 Å². The van der Waals surface area contributed by atoms with Crippen molar-refractivity contribution in [3.05, 3.63) is 0 Å². The zero-order valence-electron chi connectivity index (χ0n) is 6.80. The van der Waals surface area contributed by atoms with Crippen LogP contribution in [0.2, 0.25) is 0 Å². The Labute approximate surface area is 73.3 Å².